The van der Waals surface area contributed by atoms with Crippen molar-refractivity contribution in [2.75, 3.05) is 0 Å². The second-order valence-corrected chi connectivity index (χ2v) is 2.41. The van der Waals surface area contributed by atoms with Crippen LogP contribution in [-0.2, 0) is 0 Å². The molecule has 1 aromatic rings. The summed E-state index contributed by atoms with van der Waals surface area (Å²) in [7, 11) is 0. The molecule has 0 bridgehead atoms. The van der Waals surface area contributed by atoms with Crippen molar-refractivity contribution in [3.8, 4) is 0 Å². The first-order chi connectivity index (χ1) is 3.30. The van der Waals surface area contributed by atoms with Gasteiger partial charge in [0.25, 0.3) is 0 Å². The third-order valence-electron chi connectivity index (χ3n) is 0.691. The molecule has 0 atom stereocenters. The van der Waals surface area contributed by atoms with Crippen LogP contribution in [0.3, 0.4) is 0 Å². The normalized spacial score (nSPS) is 9.43. The van der Waals surface area contributed by atoms with Crippen molar-refractivity contribution in [2.24, 2.45) is 0 Å². The molecule has 0 amide bonds. The van der Waals surface area contributed by atoms with Crippen molar-refractivity contribution >= 4 is 22.6 Å². The Balaban J connectivity index is 3.12. The van der Waals surface area contributed by atoms with Gasteiger partial charge in [0, 0.05) is 0 Å². The first kappa shape index (κ1) is 5.08. The third kappa shape index (κ3) is 0.933. The summed E-state index contributed by atoms with van der Waals surface area (Å²) in [5.74, 6) is 0. The zero-order valence-electron chi connectivity index (χ0n) is 3.81. The molecule has 7 heavy (non-hydrogen) atoms. The van der Waals surface area contributed by atoms with E-state index in [-0.39, 0.29) is 0 Å². The molecule has 1 aromatic heterocycles. The lowest BCUT2D eigenvalue weighted by atomic mass is 10.5. The van der Waals surface area contributed by atoms with Crippen molar-refractivity contribution in [3.63, 3.8) is 0 Å². The summed E-state index contributed by atoms with van der Waals surface area (Å²) >= 11 is 2.16. The molecule has 0 aromatic carbocycles. The number of aryl methyl sites for hydroxylation is 1. The number of nitrogens with zero attached hydrogens (tertiary/aromatic N) is 1. The Hall–Kier alpha value is -0.0600. The molecule has 1 rings (SSSR count). The van der Waals surface area contributed by atoms with E-state index >= 15 is 0 Å². The molecular weight excluding hydrogens is 205 g/mol. The predicted molar refractivity (Wildman–Crippen MR) is 34.0 cm³/mol. The largest absolute Gasteiger partial charge is 0.363 e. The fraction of sp³-hybridized carbons (Fsp3) is 0.250. The standard InChI is InChI=1S/C4H4INO/c1-3-4(5)2-7-6-3/h2H,1H3. The maximum atomic E-state index is 4.59. The van der Waals surface area contributed by atoms with Gasteiger partial charge in [0.05, 0.1) is 9.26 Å². The summed E-state index contributed by atoms with van der Waals surface area (Å²) < 4.78 is 5.67. The number of rotatable bonds is 0. The highest BCUT2D eigenvalue weighted by atomic mass is 127. The fourth-order valence-corrected chi connectivity index (χ4v) is 0.493. The van der Waals surface area contributed by atoms with Crippen LogP contribution < -0.4 is 0 Å². The minimum absolute atomic E-state index is 0.959. The van der Waals surface area contributed by atoms with Crippen LogP contribution in [0, 0.1) is 10.5 Å². The first-order valence-electron chi connectivity index (χ1n) is 1.87. The lowest BCUT2D eigenvalue weighted by Crippen LogP contribution is -1.68. The van der Waals surface area contributed by atoms with E-state index in [1.54, 1.807) is 6.26 Å². The SMILES string of the molecule is Cc1nocc1I. The molecule has 0 N–H and O–H groups in total. The lowest BCUT2D eigenvalue weighted by molar-refractivity contribution is 0.414. The van der Waals surface area contributed by atoms with Crippen molar-refractivity contribution < 1.29 is 4.52 Å². The van der Waals surface area contributed by atoms with Gasteiger partial charge >= 0.3 is 0 Å². The van der Waals surface area contributed by atoms with Crippen LogP contribution in [0.25, 0.3) is 0 Å². The van der Waals surface area contributed by atoms with Gasteiger partial charge in [-0.25, -0.2) is 0 Å². The zero-order chi connectivity index (χ0) is 5.28. The number of halogens is 1. The van der Waals surface area contributed by atoms with Crippen molar-refractivity contribution in [3.05, 3.63) is 15.5 Å². The summed E-state index contributed by atoms with van der Waals surface area (Å²) in [6, 6.07) is 0. The molecule has 0 unspecified atom stereocenters. The number of hydrogen-bond donors (Lipinski definition) is 0. The van der Waals surface area contributed by atoms with Gasteiger partial charge in [0.2, 0.25) is 0 Å². The van der Waals surface area contributed by atoms with Crippen LogP contribution in [0.2, 0.25) is 0 Å². The van der Waals surface area contributed by atoms with Crippen molar-refractivity contribution in [1.29, 1.82) is 0 Å². The Bertz CT molecular complexity index is 144. The Morgan fingerprint density at radius 1 is 1.86 bits per heavy atom. The minimum Gasteiger partial charge on any atom is -0.363 e. The molecule has 38 valence electrons. The average molecular weight is 209 g/mol. The molecule has 0 aliphatic heterocycles. The molecule has 2 nitrogen and oxygen atoms in total. The molecular formula is C4H4INO. The monoisotopic (exact) mass is 209 g/mol. The molecule has 3 heteroatoms. The lowest BCUT2D eigenvalue weighted by Gasteiger charge is -1.71. The highest BCUT2D eigenvalue weighted by molar-refractivity contribution is 14.1. The van der Waals surface area contributed by atoms with Crippen LogP contribution in [0.4, 0.5) is 0 Å². The Labute approximate surface area is 55.0 Å². The van der Waals surface area contributed by atoms with Gasteiger partial charge in [0.1, 0.15) is 6.26 Å². The summed E-state index contributed by atoms with van der Waals surface area (Å²) in [6.07, 6.45) is 1.62. The van der Waals surface area contributed by atoms with Gasteiger partial charge in [-0.1, -0.05) is 5.16 Å². The maximum Gasteiger partial charge on any atom is 0.137 e. The van der Waals surface area contributed by atoms with Gasteiger partial charge in [-0.05, 0) is 29.5 Å². The van der Waals surface area contributed by atoms with Crippen LogP contribution in [0.15, 0.2) is 10.8 Å². The molecule has 0 aliphatic rings. The summed E-state index contributed by atoms with van der Waals surface area (Å²) in [5.41, 5.74) is 0.959. The van der Waals surface area contributed by atoms with Crippen molar-refractivity contribution in [2.45, 2.75) is 6.92 Å². The smallest absolute Gasteiger partial charge is 0.137 e. The summed E-state index contributed by atoms with van der Waals surface area (Å²) in [6.45, 7) is 1.91. The van der Waals surface area contributed by atoms with Crippen molar-refractivity contribution in [1.82, 2.24) is 5.16 Å². The highest BCUT2D eigenvalue weighted by Crippen LogP contribution is 2.06. The zero-order valence-corrected chi connectivity index (χ0v) is 5.97. The molecule has 0 radical (unpaired) electrons. The molecule has 0 spiro atoms. The number of aromatic nitrogens is 1. The van der Waals surface area contributed by atoms with Crippen LogP contribution in [0.5, 0.6) is 0 Å². The van der Waals surface area contributed by atoms with Gasteiger partial charge < -0.3 is 4.52 Å². The van der Waals surface area contributed by atoms with E-state index in [1.807, 2.05) is 6.92 Å². The second kappa shape index (κ2) is 1.81. The maximum absolute atomic E-state index is 4.59. The third-order valence-corrected chi connectivity index (χ3v) is 1.73. The van der Waals surface area contributed by atoms with Crippen LogP contribution in [-0.4, -0.2) is 5.16 Å². The van der Waals surface area contributed by atoms with Gasteiger partial charge in [-0.15, -0.1) is 0 Å². The van der Waals surface area contributed by atoms with E-state index in [1.165, 1.54) is 0 Å². The Morgan fingerprint density at radius 2 is 2.57 bits per heavy atom. The molecule has 1 heterocycles. The van der Waals surface area contributed by atoms with E-state index in [0.717, 1.165) is 9.26 Å². The number of hydrogen-bond acceptors (Lipinski definition) is 2. The fourth-order valence-electron chi connectivity index (χ4n) is 0.281. The summed E-state index contributed by atoms with van der Waals surface area (Å²) in [4.78, 5) is 0. The quantitative estimate of drug-likeness (QED) is 0.606. The van der Waals surface area contributed by atoms with Gasteiger partial charge in [0.15, 0.2) is 0 Å². The van der Waals surface area contributed by atoms with Gasteiger partial charge in [-0.2, -0.15) is 0 Å². The van der Waals surface area contributed by atoms with Gasteiger partial charge in [-0.3, -0.25) is 0 Å². The highest BCUT2D eigenvalue weighted by Gasteiger charge is 1.93. The summed E-state index contributed by atoms with van der Waals surface area (Å²) in [5, 5.41) is 3.63. The van der Waals surface area contributed by atoms with Crippen LogP contribution >= 0.6 is 22.6 Å². The molecule has 0 saturated carbocycles. The van der Waals surface area contributed by atoms with E-state index in [9.17, 15) is 0 Å². The van der Waals surface area contributed by atoms with E-state index in [2.05, 4.69) is 32.3 Å². The van der Waals surface area contributed by atoms with E-state index < -0.39 is 0 Å². The van der Waals surface area contributed by atoms with E-state index in [4.69, 9.17) is 0 Å². The minimum atomic E-state index is 0.959. The Kier molecular flexibility index (Phi) is 1.32. The Morgan fingerprint density at radius 3 is 2.71 bits per heavy atom. The topological polar surface area (TPSA) is 26.0 Å². The molecule has 0 saturated heterocycles. The predicted octanol–water partition coefficient (Wildman–Crippen LogP) is 1.59. The van der Waals surface area contributed by atoms with E-state index in [0.29, 0.717) is 0 Å². The average Bonchev–Trinajstić information content (AvgIpc) is 1.91. The first-order valence-corrected chi connectivity index (χ1v) is 2.95. The second-order valence-electron chi connectivity index (χ2n) is 1.25. The molecule has 0 aliphatic carbocycles. The van der Waals surface area contributed by atoms with Crippen LogP contribution in [0.1, 0.15) is 5.69 Å². The molecule has 0 fully saturated rings.